The van der Waals surface area contributed by atoms with Crippen molar-refractivity contribution in [2.45, 2.75) is 6.54 Å². The number of hydrogen-bond donors (Lipinski definition) is 0. The third kappa shape index (κ3) is 3.99. The zero-order valence-corrected chi connectivity index (χ0v) is 19.0. The summed E-state index contributed by atoms with van der Waals surface area (Å²) < 4.78 is 6.62. The summed E-state index contributed by atoms with van der Waals surface area (Å²) in [5, 5.41) is 0.0513. The Balaban J connectivity index is 1.54. The molecule has 0 radical (unpaired) electrons. The van der Waals surface area contributed by atoms with Crippen LogP contribution in [0.1, 0.15) is 11.4 Å². The van der Waals surface area contributed by atoms with E-state index in [2.05, 4.69) is 4.98 Å². The summed E-state index contributed by atoms with van der Waals surface area (Å²) in [4.78, 5) is 45.3. The molecule has 1 fully saturated rings. The van der Waals surface area contributed by atoms with Gasteiger partial charge in [-0.15, -0.1) is 0 Å². The minimum atomic E-state index is -0.423. The van der Waals surface area contributed by atoms with Crippen LogP contribution in [0.3, 0.4) is 0 Å². The number of carbonyl (C=O) groups is 2. The highest BCUT2D eigenvalue weighted by atomic mass is 32.2. The van der Waals surface area contributed by atoms with Gasteiger partial charge >= 0.3 is 0 Å². The Labute approximate surface area is 199 Å². The lowest BCUT2D eigenvalue weighted by molar-refractivity contribution is -0.123. The third-order valence-corrected chi connectivity index (χ3v) is 6.35. The number of nitrogens with zero attached hydrogens (tertiary/aromatic N) is 3. The first kappa shape index (κ1) is 21.7. The Kier molecular flexibility index (Phi) is 5.73. The molecule has 7 nitrogen and oxygen atoms in total. The van der Waals surface area contributed by atoms with E-state index in [-0.39, 0.29) is 12.1 Å². The molecule has 34 heavy (non-hydrogen) atoms. The second kappa shape index (κ2) is 8.99. The second-order valence-corrected chi connectivity index (χ2v) is 8.56. The van der Waals surface area contributed by atoms with Crippen LogP contribution in [0.25, 0.3) is 22.7 Å². The van der Waals surface area contributed by atoms with Gasteiger partial charge in [-0.2, -0.15) is 0 Å². The first-order valence-electron chi connectivity index (χ1n) is 10.5. The third-order valence-electron chi connectivity index (χ3n) is 5.45. The molecule has 1 aliphatic heterocycles. The number of hydrogen-bond acceptors (Lipinski definition) is 6. The molecule has 2 heterocycles. The number of benzene rings is 3. The summed E-state index contributed by atoms with van der Waals surface area (Å²) in [6, 6.07) is 23.3. The Morgan fingerprint density at radius 2 is 1.62 bits per heavy atom. The Bertz CT molecular complexity index is 1490. The fourth-order valence-electron chi connectivity index (χ4n) is 3.76. The summed E-state index contributed by atoms with van der Waals surface area (Å²) >= 11 is 0.867. The molecular weight excluding hydrogens is 450 g/mol. The number of methoxy groups -OCH3 is 1. The van der Waals surface area contributed by atoms with E-state index in [0.29, 0.717) is 33.1 Å². The minimum Gasteiger partial charge on any atom is -0.497 e. The fourth-order valence-corrected chi connectivity index (χ4v) is 4.60. The minimum absolute atomic E-state index is 0.125. The summed E-state index contributed by atoms with van der Waals surface area (Å²) in [6.07, 6.45) is 1.67. The van der Waals surface area contributed by atoms with Gasteiger partial charge in [0.05, 0.1) is 35.2 Å². The van der Waals surface area contributed by atoms with E-state index < -0.39 is 11.1 Å². The zero-order chi connectivity index (χ0) is 23.7. The number of ether oxygens (including phenoxy) is 1. The maximum absolute atomic E-state index is 13.4. The number of rotatable bonds is 5. The quantitative estimate of drug-likeness (QED) is 0.397. The van der Waals surface area contributed by atoms with E-state index in [9.17, 15) is 14.4 Å². The van der Waals surface area contributed by atoms with E-state index in [1.54, 1.807) is 61.7 Å². The molecule has 3 aromatic carbocycles. The molecule has 5 rings (SSSR count). The summed E-state index contributed by atoms with van der Waals surface area (Å²) in [5.74, 6) is 0.585. The summed E-state index contributed by atoms with van der Waals surface area (Å²) in [6.45, 7) is -0.125. The smallest absolute Gasteiger partial charge is 0.293 e. The van der Waals surface area contributed by atoms with Crippen molar-refractivity contribution >= 4 is 39.9 Å². The van der Waals surface area contributed by atoms with Crippen LogP contribution in [0.15, 0.2) is 88.6 Å². The molecule has 0 atom stereocenters. The Morgan fingerprint density at radius 3 is 2.35 bits per heavy atom. The lowest BCUT2D eigenvalue weighted by atomic mass is 10.2. The molecule has 4 aromatic rings. The van der Waals surface area contributed by atoms with Crippen LogP contribution < -0.4 is 10.3 Å². The van der Waals surface area contributed by atoms with Crippen LogP contribution in [0.5, 0.6) is 5.75 Å². The van der Waals surface area contributed by atoms with Crippen LogP contribution in [0.2, 0.25) is 0 Å². The predicted octanol–water partition coefficient (Wildman–Crippen LogP) is 4.63. The van der Waals surface area contributed by atoms with Gasteiger partial charge in [0.25, 0.3) is 16.7 Å². The van der Waals surface area contributed by atoms with Crippen LogP contribution in [0, 0.1) is 0 Å². The highest BCUT2D eigenvalue weighted by molar-refractivity contribution is 8.18. The standard InChI is InChI=1S/C26H19N3O4S/c1-33-19-13-11-17(12-14-19)15-22-25(31)28(26(32)34-22)16-23-27-21-10-6-5-9-20(21)24(30)29(23)18-7-3-2-4-8-18/h2-15H,16H2,1H3/b22-15+. The van der Waals surface area contributed by atoms with Crippen LogP contribution in [0.4, 0.5) is 4.79 Å². The molecular formula is C26H19N3O4S. The average molecular weight is 470 g/mol. The average Bonchev–Trinajstić information content (AvgIpc) is 3.12. The number of imide groups is 1. The van der Waals surface area contributed by atoms with Crippen molar-refractivity contribution in [3.05, 3.63) is 106 Å². The van der Waals surface area contributed by atoms with Gasteiger partial charge in [0.2, 0.25) is 0 Å². The number of aromatic nitrogens is 2. The van der Waals surface area contributed by atoms with E-state index >= 15 is 0 Å². The van der Waals surface area contributed by atoms with Crippen molar-refractivity contribution in [3.63, 3.8) is 0 Å². The van der Waals surface area contributed by atoms with Gasteiger partial charge in [0, 0.05) is 0 Å². The second-order valence-electron chi connectivity index (χ2n) is 7.56. The highest BCUT2D eigenvalue weighted by Crippen LogP contribution is 2.33. The number of carbonyl (C=O) groups excluding carboxylic acids is 2. The van der Waals surface area contributed by atoms with Gasteiger partial charge < -0.3 is 4.74 Å². The highest BCUT2D eigenvalue weighted by Gasteiger charge is 2.36. The van der Waals surface area contributed by atoms with Gasteiger partial charge in [0.15, 0.2) is 0 Å². The van der Waals surface area contributed by atoms with Gasteiger partial charge in [-0.3, -0.25) is 23.9 Å². The van der Waals surface area contributed by atoms with Crippen molar-refractivity contribution in [1.29, 1.82) is 0 Å². The summed E-state index contributed by atoms with van der Waals surface area (Å²) in [7, 11) is 1.58. The molecule has 0 N–H and O–H groups in total. The zero-order valence-electron chi connectivity index (χ0n) is 18.2. The Morgan fingerprint density at radius 1 is 0.912 bits per heavy atom. The van der Waals surface area contributed by atoms with Gasteiger partial charge in [-0.1, -0.05) is 42.5 Å². The molecule has 168 valence electrons. The van der Waals surface area contributed by atoms with E-state index in [4.69, 9.17) is 4.74 Å². The lowest BCUT2D eigenvalue weighted by Gasteiger charge is -2.17. The van der Waals surface area contributed by atoms with Crippen LogP contribution >= 0.6 is 11.8 Å². The lowest BCUT2D eigenvalue weighted by Crippen LogP contribution is -2.32. The van der Waals surface area contributed by atoms with E-state index in [1.165, 1.54) is 4.57 Å². The van der Waals surface area contributed by atoms with Crippen molar-refractivity contribution in [3.8, 4) is 11.4 Å². The van der Waals surface area contributed by atoms with E-state index in [0.717, 1.165) is 22.2 Å². The van der Waals surface area contributed by atoms with E-state index in [1.807, 2.05) is 30.3 Å². The molecule has 0 unspecified atom stereocenters. The Hall–Kier alpha value is -4.17. The van der Waals surface area contributed by atoms with Crippen molar-refractivity contribution in [2.24, 2.45) is 0 Å². The number of amides is 2. The normalized spacial score (nSPS) is 14.9. The SMILES string of the molecule is COc1ccc(/C=C2/SC(=O)N(Cc3nc4ccccc4c(=O)n3-c3ccccc3)C2=O)cc1. The van der Waals surface area contributed by atoms with Crippen molar-refractivity contribution in [2.75, 3.05) is 7.11 Å². The molecule has 1 aromatic heterocycles. The maximum Gasteiger partial charge on any atom is 0.293 e. The maximum atomic E-state index is 13.4. The molecule has 0 bridgehead atoms. The van der Waals surface area contributed by atoms with Gasteiger partial charge in [0.1, 0.15) is 11.6 Å². The molecule has 0 saturated carbocycles. The van der Waals surface area contributed by atoms with Gasteiger partial charge in [-0.25, -0.2) is 4.98 Å². The number of thioether (sulfide) groups is 1. The van der Waals surface area contributed by atoms with Crippen LogP contribution in [-0.4, -0.2) is 32.7 Å². The first-order chi connectivity index (χ1) is 16.5. The molecule has 1 saturated heterocycles. The molecule has 0 spiro atoms. The van der Waals surface area contributed by atoms with Crippen LogP contribution in [-0.2, 0) is 11.3 Å². The number of fused-ring (bicyclic) bond motifs is 1. The molecule has 2 amide bonds. The summed E-state index contributed by atoms with van der Waals surface area (Å²) in [5.41, 5.74) is 1.64. The molecule has 1 aliphatic rings. The molecule has 8 heteroatoms. The fraction of sp³-hybridized carbons (Fsp3) is 0.0769. The molecule has 0 aliphatic carbocycles. The monoisotopic (exact) mass is 469 g/mol. The first-order valence-corrected chi connectivity index (χ1v) is 11.3. The largest absolute Gasteiger partial charge is 0.497 e. The predicted molar refractivity (Wildman–Crippen MR) is 132 cm³/mol. The number of para-hydroxylation sites is 2. The topological polar surface area (TPSA) is 81.5 Å². The van der Waals surface area contributed by atoms with Crippen molar-refractivity contribution < 1.29 is 14.3 Å². The van der Waals surface area contributed by atoms with Crippen molar-refractivity contribution in [1.82, 2.24) is 14.5 Å². The van der Waals surface area contributed by atoms with Gasteiger partial charge in [-0.05, 0) is 59.8 Å².